The molecule has 1 N–H and O–H groups in total. The summed E-state index contributed by atoms with van der Waals surface area (Å²) in [5.41, 5.74) is 2.25. The zero-order chi connectivity index (χ0) is 10.3. The zero-order valence-electron chi connectivity index (χ0n) is 8.43. The van der Waals surface area contributed by atoms with Gasteiger partial charge in [0.2, 0.25) is 0 Å². The molecule has 2 heterocycles. The fourth-order valence-corrected chi connectivity index (χ4v) is 1.34. The van der Waals surface area contributed by atoms with Crippen LogP contribution in [0, 0.1) is 0 Å². The van der Waals surface area contributed by atoms with E-state index in [1.165, 1.54) is 5.56 Å². The summed E-state index contributed by atoms with van der Waals surface area (Å²) in [5.74, 6) is 0. The van der Waals surface area contributed by atoms with Crippen molar-refractivity contribution in [3.05, 3.63) is 60.2 Å². The van der Waals surface area contributed by atoms with E-state index < -0.39 is 0 Å². The second-order valence-electron chi connectivity index (χ2n) is 3.29. The molecule has 3 nitrogen and oxygen atoms in total. The van der Waals surface area contributed by atoms with Crippen LogP contribution in [0.15, 0.2) is 48.9 Å². The summed E-state index contributed by atoms with van der Waals surface area (Å²) >= 11 is 0. The van der Waals surface area contributed by atoms with E-state index >= 15 is 0 Å². The molecule has 0 saturated carbocycles. The summed E-state index contributed by atoms with van der Waals surface area (Å²) in [7, 11) is 0. The highest BCUT2D eigenvalue weighted by Crippen LogP contribution is 1.96. The molecule has 0 amide bonds. The van der Waals surface area contributed by atoms with Crippen molar-refractivity contribution in [2.75, 3.05) is 0 Å². The van der Waals surface area contributed by atoms with Gasteiger partial charge < -0.3 is 5.32 Å². The van der Waals surface area contributed by atoms with Crippen LogP contribution in [0.4, 0.5) is 0 Å². The van der Waals surface area contributed by atoms with Gasteiger partial charge in [0.05, 0.1) is 5.69 Å². The van der Waals surface area contributed by atoms with Crippen LogP contribution >= 0.6 is 0 Å². The van der Waals surface area contributed by atoms with Crippen molar-refractivity contribution in [3.63, 3.8) is 0 Å². The minimum absolute atomic E-state index is 0.787. The number of rotatable bonds is 4. The lowest BCUT2D eigenvalue weighted by Gasteiger charge is -2.03. The molecule has 0 atom stereocenters. The van der Waals surface area contributed by atoms with Crippen LogP contribution in [0.2, 0.25) is 0 Å². The van der Waals surface area contributed by atoms with Crippen molar-refractivity contribution in [2.24, 2.45) is 0 Å². The van der Waals surface area contributed by atoms with Gasteiger partial charge in [0.25, 0.3) is 0 Å². The summed E-state index contributed by atoms with van der Waals surface area (Å²) < 4.78 is 0. The van der Waals surface area contributed by atoms with Crippen LogP contribution in [0.5, 0.6) is 0 Å². The van der Waals surface area contributed by atoms with Gasteiger partial charge in [-0.2, -0.15) is 0 Å². The maximum atomic E-state index is 4.23. The first kappa shape index (κ1) is 9.80. The van der Waals surface area contributed by atoms with Gasteiger partial charge in [-0.3, -0.25) is 9.97 Å². The van der Waals surface area contributed by atoms with E-state index in [9.17, 15) is 0 Å². The Balaban J connectivity index is 1.81. The van der Waals surface area contributed by atoms with Gasteiger partial charge in [-0.1, -0.05) is 12.1 Å². The first-order valence-corrected chi connectivity index (χ1v) is 4.95. The highest BCUT2D eigenvalue weighted by atomic mass is 14.9. The molecular weight excluding hydrogens is 186 g/mol. The average Bonchev–Trinajstić information content (AvgIpc) is 2.32. The normalized spacial score (nSPS) is 10.1. The van der Waals surface area contributed by atoms with Crippen LogP contribution in [-0.4, -0.2) is 9.97 Å². The molecule has 0 aliphatic rings. The Bertz CT molecular complexity index is 347. The Morgan fingerprint density at radius 2 is 2.00 bits per heavy atom. The van der Waals surface area contributed by atoms with E-state index in [0.29, 0.717) is 0 Å². The molecule has 0 aromatic carbocycles. The lowest BCUT2D eigenvalue weighted by molar-refractivity contribution is 0.678. The van der Waals surface area contributed by atoms with E-state index in [1.807, 2.05) is 30.5 Å². The van der Waals surface area contributed by atoms with Gasteiger partial charge >= 0.3 is 0 Å². The van der Waals surface area contributed by atoms with Gasteiger partial charge in [0.1, 0.15) is 0 Å². The van der Waals surface area contributed by atoms with Crippen LogP contribution in [0.1, 0.15) is 11.3 Å². The van der Waals surface area contributed by atoms with E-state index in [1.54, 1.807) is 12.4 Å². The number of aromatic nitrogens is 2. The maximum absolute atomic E-state index is 4.23. The van der Waals surface area contributed by atoms with Crippen LogP contribution in [0.25, 0.3) is 0 Å². The van der Waals surface area contributed by atoms with E-state index in [4.69, 9.17) is 0 Å². The maximum Gasteiger partial charge on any atom is 0.0541 e. The Labute approximate surface area is 89.2 Å². The minimum atomic E-state index is 0.787. The molecular formula is C12H13N3. The molecule has 0 spiro atoms. The first-order chi connectivity index (χ1) is 7.45. The van der Waals surface area contributed by atoms with Crippen LogP contribution < -0.4 is 5.32 Å². The number of hydrogen-bond acceptors (Lipinski definition) is 3. The third-order valence-corrected chi connectivity index (χ3v) is 2.08. The van der Waals surface area contributed by atoms with Crippen LogP contribution in [-0.2, 0) is 13.1 Å². The van der Waals surface area contributed by atoms with Gasteiger partial charge in [-0.15, -0.1) is 0 Å². The Hall–Kier alpha value is -1.74. The summed E-state index contributed by atoms with van der Waals surface area (Å²) in [6.45, 7) is 1.61. The van der Waals surface area contributed by atoms with Crippen molar-refractivity contribution >= 4 is 0 Å². The van der Waals surface area contributed by atoms with Gasteiger partial charge in [-0.25, -0.2) is 0 Å². The largest absolute Gasteiger partial charge is 0.307 e. The van der Waals surface area contributed by atoms with Crippen LogP contribution in [0.3, 0.4) is 0 Å². The number of nitrogens with zero attached hydrogens (tertiary/aromatic N) is 2. The van der Waals surface area contributed by atoms with Crippen molar-refractivity contribution < 1.29 is 0 Å². The molecule has 2 rings (SSSR count). The van der Waals surface area contributed by atoms with Gasteiger partial charge in [0, 0.05) is 31.7 Å². The van der Waals surface area contributed by atoms with Crippen molar-refractivity contribution in [1.29, 1.82) is 0 Å². The molecule has 2 aromatic heterocycles. The summed E-state index contributed by atoms with van der Waals surface area (Å²) in [6, 6.07) is 9.92. The standard InChI is InChI=1S/C12H13N3/c1-2-7-15-12(5-1)10-14-9-11-4-3-6-13-8-11/h1-8,14H,9-10H2. The van der Waals surface area contributed by atoms with E-state index in [2.05, 4.69) is 21.4 Å². The summed E-state index contributed by atoms with van der Waals surface area (Å²) in [6.07, 6.45) is 5.45. The predicted octanol–water partition coefficient (Wildman–Crippen LogP) is 1.77. The highest BCUT2D eigenvalue weighted by molar-refractivity contribution is 5.08. The molecule has 0 fully saturated rings. The first-order valence-electron chi connectivity index (χ1n) is 4.95. The molecule has 15 heavy (non-hydrogen) atoms. The fourth-order valence-electron chi connectivity index (χ4n) is 1.34. The van der Waals surface area contributed by atoms with Crippen molar-refractivity contribution in [2.45, 2.75) is 13.1 Å². The molecule has 2 aromatic rings. The zero-order valence-corrected chi connectivity index (χ0v) is 8.43. The Morgan fingerprint density at radius 1 is 1.00 bits per heavy atom. The van der Waals surface area contributed by atoms with Gasteiger partial charge in [-0.05, 0) is 23.8 Å². The third-order valence-electron chi connectivity index (χ3n) is 2.08. The molecule has 0 saturated heterocycles. The smallest absolute Gasteiger partial charge is 0.0541 e. The molecule has 0 bridgehead atoms. The second kappa shape index (κ2) is 5.22. The quantitative estimate of drug-likeness (QED) is 0.815. The minimum Gasteiger partial charge on any atom is -0.307 e. The third kappa shape index (κ3) is 3.14. The summed E-state index contributed by atoms with van der Waals surface area (Å²) in [5, 5.41) is 3.32. The van der Waals surface area contributed by atoms with Crippen molar-refractivity contribution in [3.8, 4) is 0 Å². The topological polar surface area (TPSA) is 37.8 Å². The predicted molar refractivity (Wildman–Crippen MR) is 59.0 cm³/mol. The van der Waals surface area contributed by atoms with E-state index in [-0.39, 0.29) is 0 Å². The molecule has 0 unspecified atom stereocenters. The average molecular weight is 199 g/mol. The second-order valence-corrected chi connectivity index (χ2v) is 3.29. The molecule has 0 aliphatic heterocycles. The van der Waals surface area contributed by atoms with Gasteiger partial charge in [0.15, 0.2) is 0 Å². The molecule has 0 aliphatic carbocycles. The molecule has 3 heteroatoms. The number of pyridine rings is 2. The lowest BCUT2D eigenvalue weighted by atomic mass is 10.3. The number of nitrogens with one attached hydrogen (secondary N) is 1. The number of hydrogen-bond donors (Lipinski definition) is 1. The monoisotopic (exact) mass is 199 g/mol. The Kier molecular flexibility index (Phi) is 3.41. The SMILES string of the molecule is c1ccc(CNCc2cccnc2)nc1. The van der Waals surface area contributed by atoms with Crippen molar-refractivity contribution in [1.82, 2.24) is 15.3 Å². The summed E-state index contributed by atoms with van der Waals surface area (Å²) in [4.78, 5) is 8.29. The lowest BCUT2D eigenvalue weighted by Crippen LogP contribution is -2.13. The fraction of sp³-hybridized carbons (Fsp3) is 0.167. The highest BCUT2D eigenvalue weighted by Gasteiger charge is 1.93. The molecule has 0 radical (unpaired) electrons. The van der Waals surface area contributed by atoms with E-state index in [0.717, 1.165) is 18.8 Å². The molecule has 76 valence electrons. The Morgan fingerprint density at radius 3 is 2.73 bits per heavy atom.